The largest absolute Gasteiger partial charge is 0.490 e. The molecule has 2 aliphatic rings. The van der Waals surface area contributed by atoms with Crippen LogP contribution in [0.4, 0.5) is 18.0 Å². The molecule has 0 saturated carbocycles. The van der Waals surface area contributed by atoms with E-state index < -0.39 is 23.4 Å². The number of hydrogen-bond donors (Lipinski definition) is 0. The minimum atomic E-state index is -4.61. The lowest BCUT2D eigenvalue weighted by molar-refractivity contribution is -0.139. The molecular formula is C29H32F3N3O4. The monoisotopic (exact) mass is 543 g/mol. The topological polar surface area (TPSA) is 77.7 Å². The quantitative estimate of drug-likeness (QED) is 0.351. The van der Waals surface area contributed by atoms with E-state index in [0.29, 0.717) is 18.9 Å². The highest BCUT2D eigenvalue weighted by Gasteiger charge is 2.47. The van der Waals surface area contributed by atoms with Crippen molar-refractivity contribution in [3.63, 3.8) is 0 Å². The molecule has 1 unspecified atom stereocenters. The first-order valence-electron chi connectivity index (χ1n) is 13.1. The summed E-state index contributed by atoms with van der Waals surface area (Å²) in [4.78, 5) is 18.9. The minimum Gasteiger partial charge on any atom is -0.490 e. The summed E-state index contributed by atoms with van der Waals surface area (Å²) in [7, 11) is 0. The lowest BCUT2D eigenvalue weighted by Gasteiger charge is -2.27. The highest BCUT2D eigenvalue weighted by molar-refractivity contribution is 5.71. The number of alkyl halides is 3. The lowest BCUT2D eigenvalue weighted by Crippen LogP contribution is -2.37. The molecule has 1 saturated heterocycles. The molecule has 1 amide bonds. The summed E-state index contributed by atoms with van der Waals surface area (Å²) < 4.78 is 57.6. The predicted octanol–water partition coefficient (Wildman–Crippen LogP) is 7.03. The van der Waals surface area contributed by atoms with E-state index in [1.807, 2.05) is 32.9 Å². The fraction of sp³-hybridized carbons (Fsp3) is 0.483. The smallest absolute Gasteiger partial charge is 0.419 e. The van der Waals surface area contributed by atoms with E-state index in [-0.39, 0.29) is 28.7 Å². The Bertz CT molecular complexity index is 1390. The third-order valence-electron chi connectivity index (χ3n) is 7.17. The molecule has 0 N–H and O–H groups in total. The van der Waals surface area contributed by atoms with Gasteiger partial charge in [-0.15, -0.1) is 0 Å². The Hall–Kier alpha value is -3.56. The first kappa shape index (κ1) is 27.0. The first-order chi connectivity index (χ1) is 18.3. The Balaban J connectivity index is 1.43. The van der Waals surface area contributed by atoms with E-state index in [9.17, 15) is 18.0 Å². The fourth-order valence-corrected chi connectivity index (χ4v) is 5.53. The molecule has 7 nitrogen and oxygen atoms in total. The Labute approximate surface area is 225 Å². The van der Waals surface area contributed by atoms with E-state index in [0.717, 1.165) is 42.0 Å². The van der Waals surface area contributed by atoms with Gasteiger partial charge >= 0.3 is 12.3 Å². The van der Waals surface area contributed by atoms with Gasteiger partial charge in [-0.3, -0.25) is 0 Å². The van der Waals surface area contributed by atoms with Crippen molar-refractivity contribution < 1.29 is 32.0 Å². The summed E-state index contributed by atoms with van der Waals surface area (Å²) >= 11 is 0. The van der Waals surface area contributed by atoms with Crippen LogP contribution in [0.25, 0.3) is 22.8 Å². The summed E-state index contributed by atoms with van der Waals surface area (Å²) in [6.07, 6.45) is -2.86. The van der Waals surface area contributed by atoms with Gasteiger partial charge in [-0.25, -0.2) is 4.79 Å². The van der Waals surface area contributed by atoms with E-state index in [1.165, 1.54) is 12.1 Å². The van der Waals surface area contributed by atoms with Crippen LogP contribution in [0.5, 0.6) is 5.75 Å². The molecule has 1 aliphatic carbocycles. The molecule has 2 aromatic carbocycles. The van der Waals surface area contributed by atoms with E-state index in [4.69, 9.17) is 14.0 Å². The number of hydrogen-bond acceptors (Lipinski definition) is 6. The summed E-state index contributed by atoms with van der Waals surface area (Å²) in [6, 6.07) is 9.64. The Morgan fingerprint density at radius 2 is 1.90 bits per heavy atom. The molecule has 0 radical (unpaired) electrons. The Kier molecular flexibility index (Phi) is 6.63. The maximum absolute atomic E-state index is 13.7. The van der Waals surface area contributed by atoms with Crippen LogP contribution >= 0.6 is 0 Å². The molecule has 1 spiro atoms. The van der Waals surface area contributed by atoms with Crippen LogP contribution in [0.2, 0.25) is 0 Å². The summed E-state index contributed by atoms with van der Waals surface area (Å²) in [5.41, 5.74) is 1.53. The normalized spacial score (nSPS) is 19.2. The summed E-state index contributed by atoms with van der Waals surface area (Å²) in [5, 5.41) is 4.12. The van der Waals surface area contributed by atoms with Gasteiger partial charge in [-0.2, -0.15) is 18.2 Å². The maximum Gasteiger partial charge on any atom is 0.419 e. The lowest BCUT2D eigenvalue weighted by atomic mass is 9.81. The molecule has 208 valence electrons. The number of halogens is 3. The van der Waals surface area contributed by atoms with Gasteiger partial charge in [0.25, 0.3) is 5.89 Å². The van der Waals surface area contributed by atoms with Gasteiger partial charge in [-0.05, 0) is 83.2 Å². The fourth-order valence-electron chi connectivity index (χ4n) is 5.53. The SMILES string of the molecule is CC(C)Oc1ccc(-c2nc(-c3cccc4c3CCC43CCN(C(=O)OC(C)(C)C)C3)no2)cc1C(F)(F)F. The van der Waals surface area contributed by atoms with Crippen molar-refractivity contribution in [2.45, 2.75) is 77.2 Å². The second kappa shape index (κ2) is 9.57. The van der Waals surface area contributed by atoms with Crippen LogP contribution in [0.15, 0.2) is 40.9 Å². The van der Waals surface area contributed by atoms with Gasteiger partial charge in [0.1, 0.15) is 11.4 Å². The third kappa shape index (κ3) is 5.33. The standard InChI is InChI=1S/C29H32F3N3O4/c1-17(2)37-23-10-9-18(15-22(23)29(30,31)32)25-33-24(34-39-25)20-7-6-8-21-19(20)11-12-28(21)13-14-35(16-28)26(36)38-27(3,4)5/h6-10,15,17H,11-14,16H2,1-5H3. The molecular weight excluding hydrogens is 511 g/mol. The second-order valence-electron chi connectivity index (χ2n) is 11.6. The van der Waals surface area contributed by atoms with Crippen molar-refractivity contribution in [3.05, 3.63) is 53.1 Å². The van der Waals surface area contributed by atoms with E-state index >= 15 is 0 Å². The minimum absolute atomic E-state index is 0.00567. The van der Waals surface area contributed by atoms with Crippen LogP contribution in [-0.2, 0) is 22.7 Å². The van der Waals surface area contributed by atoms with Gasteiger partial charge in [0.05, 0.1) is 11.7 Å². The number of fused-ring (bicyclic) bond motifs is 2. The number of rotatable bonds is 4. The summed E-state index contributed by atoms with van der Waals surface area (Å²) in [6.45, 7) is 10.1. The molecule has 1 aliphatic heterocycles. The van der Waals surface area contributed by atoms with Gasteiger partial charge in [0.15, 0.2) is 0 Å². The average molecular weight is 544 g/mol. The van der Waals surface area contributed by atoms with Crippen molar-refractivity contribution in [2.24, 2.45) is 0 Å². The molecule has 1 fully saturated rings. The van der Waals surface area contributed by atoms with Gasteiger partial charge < -0.3 is 18.9 Å². The van der Waals surface area contributed by atoms with Crippen molar-refractivity contribution in [1.29, 1.82) is 0 Å². The van der Waals surface area contributed by atoms with Crippen molar-refractivity contribution in [1.82, 2.24) is 15.0 Å². The maximum atomic E-state index is 13.7. The molecule has 39 heavy (non-hydrogen) atoms. The summed E-state index contributed by atoms with van der Waals surface area (Å²) in [5.74, 6) is 0.0648. The zero-order valence-electron chi connectivity index (χ0n) is 22.7. The number of amides is 1. The number of likely N-dealkylation sites (tertiary alicyclic amines) is 1. The van der Waals surface area contributed by atoms with Crippen LogP contribution < -0.4 is 4.74 Å². The van der Waals surface area contributed by atoms with Crippen molar-refractivity contribution in [2.75, 3.05) is 13.1 Å². The molecule has 5 rings (SSSR count). The van der Waals surface area contributed by atoms with E-state index in [2.05, 4.69) is 16.2 Å². The number of carbonyl (C=O) groups excluding carboxylic acids is 1. The second-order valence-corrected chi connectivity index (χ2v) is 11.6. The van der Waals surface area contributed by atoms with Gasteiger partial charge in [0, 0.05) is 29.6 Å². The predicted molar refractivity (Wildman–Crippen MR) is 138 cm³/mol. The highest BCUT2D eigenvalue weighted by atomic mass is 19.4. The Morgan fingerprint density at radius 3 is 2.59 bits per heavy atom. The zero-order chi connectivity index (χ0) is 28.2. The molecule has 2 heterocycles. The average Bonchev–Trinajstić information content (AvgIpc) is 3.57. The molecule has 1 aromatic heterocycles. The van der Waals surface area contributed by atoms with Gasteiger partial charge in [0.2, 0.25) is 5.82 Å². The number of carbonyl (C=O) groups is 1. The van der Waals surface area contributed by atoms with Crippen LogP contribution in [0, 0.1) is 0 Å². The number of aromatic nitrogens is 2. The van der Waals surface area contributed by atoms with Crippen LogP contribution in [-0.4, -0.2) is 45.9 Å². The first-order valence-corrected chi connectivity index (χ1v) is 13.1. The number of benzene rings is 2. The van der Waals surface area contributed by atoms with Crippen molar-refractivity contribution in [3.8, 4) is 28.6 Å². The van der Waals surface area contributed by atoms with Crippen molar-refractivity contribution >= 4 is 6.09 Å². The van der Waals surface area contributed by atoms with Gasteiger partial charge in [-0.1, -0.05) is 23.4 Å². The van der Waals surface area contributed by atoms with Crippen LogP contribution in [0.3, 0.4) is 0 Å². The molecule has 1 atom stereocenters. The molecule has 3 aromatic rings. The Morgan fingerprint density at radius 1 is 1.13 bits per heavy atom. The van der Waals surface area contributed by atoms with Crippen LogP contribution in [0.1, 0.15) is 64.2 Å². The molecule has 0 bridgehead atoms. The zero-order valence-corrected chi connectivity index (χ0v) is 22.7. The number of nitrogens with zero attached hydrogens (tertiary/aromatic N) is 3. The van der Waals surface area contributed by atoms with E-state index in [1.54, 1.807) is 18.7 Å². The molecule has 10 heteroatoms. The highest BCUT2D eigenvalue weighted by Crippen LogP contribution is 2.48. The third-order valence-corrected chi connectivity index (χ3v) is 7.17. The number of ether oxygens (including phenoxy) is 2.